The molecule has 0 saturated carbocycles. The SMILES string of the molecule is CC(=O)c1ccc(NC(=O)c2ccc(NCc3ccncc3)cn2)cc1. The molecule has 3 rings (SSSR count). The van der Waals surface area contributed by atoms with Gasteiger partial charge in [-0.2, -0.15) is 0 Å². The van der Waals surface area contributed by atoms with Crippen molar-refractivity contribution in [3.8, 4) is 0 Å². The van der Waals surface area contributed by atoms with Gasteiger partial charge in [-0.25, -0.2) is 4.98 Å². The third-order valence-electron chi connectivity index (χ3n) is 3.79. The number of anilines is 2. The highest BCUT2D eigenvalue weighted by molar-refractivity contribution is 6.03. The van der Waals surface area contributed by atoms with Crippen molar-refractivity contribution in [1.82, 2.24) is 9.97 Å². The normalized spacial score (nSPS) is 10.2. The highest BCUT2D eigenvalue weighted by atomic mass is 16.2. The molecule has 2 heterocycles. The van der Waals surface area contributed by atoms with Gasteiger partial charge in [0, 0.05) is 30.2 Å². The Balaban J connectivity index is 1.58. The van der Waals surface area contributed by atoms with Gasteiger partial charge in [0.25, 0.3) is 5.91 Å². The van der Waals surface area contributed by atoms with Crippen molar-refractivity contribution in [2.75, 3.05) is 10.6 Å². The Kier molecular flexibility index (Phi) is 5.34. The predicted octanol–water partition coefficient (Wildman–Crippen LogP) is 3.54. The molecule has 0 fully saturated rings. The summed E-state index contributed by atoms with van der Waals surface area (Å²) in [6.45, 7) is 2.15. The maximum atomic E-state index is 12.3. The Labute approximate surface area is 151 Å². The molecule has 0 spiro atoms. The van der Waals surface area contributed by atoms with E-state index in [1.165, 1.54) is 6.92 Å². The summed E-state index contributed by atoms with van der Waals surface area (Å²) in [7, 11) is 0. The van der Waals surface area contributed by atoms with E-state index in [0.717, 1.165) is 11.3 Å². The van der Waals surface area contributed by atoms with Crippen molar-refractivity contribution in [1.29, 1.82) is 0 Å². The standard InChI is InChI=1S/C20H18N4O2/c1-14(25)16-2-4-17(5-3-16)24-20(26)19-7-6-18(13-23-19)22-12-15-8-10-21-11-9-15/h2-11,13,22H,12H2,1H3,(H,24,26). The summed E-state index contributed by atoms with van der Waals surface area (Å²) in [5.41, 5.74) is 3.46. The zero-order valence-electron chi connectivity index (χ0n) is 14.3. The number of nitrogens with zero attached hydrogens (tertiary/aromatic N) is 2. The lowest BCUT2D eigenvalue weighted by Crippen LogP contribution is -2.13. The molecule has 6 heteroatoms. The van der Waals surface area contributed by atoms with E-state index in [4.69, 9.17) is 0 Å². The van der Waals surface area contributed by atoms with E-state index in [2.05, 4.69) is 20.6 Å². The number of Topliss-reactive ketones (excluding diaryl/α,β-unsaturated/α-hetero) is 1. The first-order chi connectivity index (χ1) is 12.6. The Morgan fingerprint density at radius 3 is 2.23 bits per heavy atom. The van der Waals surface area contributed by atoms with Gasteiger partial charge in [-0.3, -0.25) is 14.6 Å². The maximum absolute atomic E-state index is 12.3. The average molecular weight is 346 g/mol. The molecule has 130 valence electrons. The van der Waals surface area contributed by atoms with Crippen molar-refractivity contribution in [3.05, 3.63) is 83.9 Å². The van der Waals surface area contributed by atoms with Crippen LogP contribution < -0.4 is 10.6 Å². The molecule has 0 unspecified atom stereocenters. The molecule has 0 saturated heterocycles. The van der Waals surface area contributed by atoms with E-state index < -0.39 is 0 Å². The van der Waals surface area contributed by atoms with Crippen molar-refractivity contribution in [3.63, 3.8) is 0 Å². The summed E-state index contributed by atoms with van der Waals surface area (Å²) in [6.07, 6.45) is 5.10. The summed E-state index contributed by atoms with van der Waals surface area (Å²) in [5, 5.41) is 6.00. The third-order valence-corrected chi connectivity index (χ3v) is 3.79. The second-order valence-electron chi connectivity index (χ2n) is 5.73. The highest BCUT2D eigenvalue weighted by Crippen LogP contribution is 2.13. The fourth-order valence-electron chi connectivity index (χ4n) is 2.32. The number of nitrogens with one attached hydrogen (secondary N) is 2. The molecule has 0 aliphatic carbocycles. The molecule has 0 aliphatic heterocycles. The molecule has 3 aromatic rings. The van der Waals surface area contributed by atoms with Crippen LogP contribution in [0.4, 0.5) is 11.4 Å². The molecular formula is C20H18N4O2. The number of ketones is 1. The molecule has 0 atom stereocenters. The van der Waals surface area contributed by atoms with Crippen LogP contribution in [0.25, 0.3) is 0 Å². The van der Waals surface area contributed by atoms with Crippen molar-refractivity contribution in [2.45, 2.75) is 13.5 Å². The van der Waals surface area contributed by atoms with Crippen LogP contribution in [0.3, 0.4) is 0 Å². The molecule has 2 N–H and O–H groups in total. The van der Waals surface area contributed by atoms with E-state index in [0.29, 0.717) is 23.5 Å². The maximum Gasteiger partial charge on any atom is 0.274 e. The van der Waals surface area contributed by atoms with Gasteiger partial charge in [0.1, 0.15) is 5.69 Å². The number of aromatic nitrogens is 2. The van der Waals surface area contributed by atoms with Gasteiger partial charge in [-0.1, -0.05) is 0 Å². The molecule has 1 aromatic carbocycles. The first-order valence-corrected chi connectivity index (χ1v) is 8.13. The summed E-state index contributed by atoms with van der Waals surface area (Å²) in [6, 6.07) is 14.1. The van der Waals surface area contributed by atoms with E-state index >= 15 is 0 Å². The quantitative estimate of drug-likeness (QED) is 0.667. The molecule has 1 amide bonds. The minimum atomic E-state index is -0.304. The van der Waals surface area contributed by atoms with Crippen LogP contribution in [0.1, 0.15) is 33.3 Å². The number of carbonyl (C=O) groups is 2. The summed E-state index contributed by atoms with van der Waals surface area (Å²) in [4.78, 5) is 31.7. The Bertz CT molecular complexity index is 891. The fourth-order valence-corrected chi connectivity index (χ4v) is 2.32. The van der Waals surface area contributed by atoms with Crippen molar-refractivity contribution in [2.24, 2.45) is 0 Å². The molecular weight excluding hydrogens is 328 g/mol. The second-order valence-corrected chi connectivity index (χ2v) is 5.73. The highest BCUT2D eigenvalue weighted by Gasteiger charge is 2.08. The monoisotopic (exact) mass is 346 g/mol. The Morgan fingerprint density at radius 1 is 0.923 bits per heavy atom. The summed E-state index contributed by atoms with van der Waals surface area (Å²) in [5.74, 6) is -0.319. The number of hydrogen-bond acceptors (Lipinski definition) is 5. The van der Waals surface area contributed by atoms with Crippen LogP contribution >= 0.6 is 0 Å². The van der Waals surface area contributed by atoms with Gasteiger partial charge in [-0.05, 0) is 61.0 Å². The number of rotatable bonds is 6. The second kappa shape index (κ2) is 8.02. The molecule has 0 radical (unpaired) electrons. The minimum Gasteiger partial charge on any atom is -0.380 e. The number of carbonyl (C=O) groups excluding carboxylic acids is 2. The van der Waals surface area contributed by atoms with Crippen LogP contribution in [0.2, 0.25) is 0 Å². The van der Waals surface area contributed by atoms with E-state index in [-0.39, 0.29) is 11.7 Å². The molecule has 26 heavy (non-hydrogen) atoms. The minimum absolute atomic E-state index is 0.0144. The number of hydrogen-bond donors (Lipinski definition) is 2. The van der Waals surface area contributed by atoms with E-state index in [1.54, 1.807) is 48.9 Å². The molecule has 6 nitrogen and oxygen atoms in total. The third kappa shape index (κ3) is 4.51. The zero-order chi connectivity index (χ0) is 18.4. The van der Waals surface area contributed by atoms with Crippen molar-refractivity contribution < 1.29 is 9.59 Å². The average Bonchev–Trinajstić information content (AvgIpc) is 2.68. The van der Waals surface area contributed by atoms with Crippen LogP contribution in [0.5, 0.6) is 0 Å². The van der Waals surface area contributed by atoms with Crippen molar-refractivity contribution >= 4 is 23.1 Å². The van der Waals surface area contributed by atoms with Crippen LogP contribution in [0.15, 0.2) is 67.1 Å². The topological polar surface area (TPSA) is 84.0 Å². The lowest BCUT2D eigenvalue weighted by Gasteiger charge is -2.08. The van der Waals surface area contributed by atoms with E-state index in [9.17, 15) is 9.59 Å². The number of amides is 1. The van der Waals surface area contributed by atoms with Crippen LogP contribution in [-0.4, -0.2) is 21.7 Å². The van der Waals surface area contributed by atoms with Gasteiger partial charge in [0.2, 0.25) is 0 Å². The predicted molar refractivity (Wildman–Crippen MR) is 100 cm³/mol. The van der Waals surface area contributed by atoms with Gasteiger partial charge in [0.15, 0.2) is 5.78 Å². The molecule has 2 aromatic heterocycles. The fraction of sp³-hybridized carbons (Fsp3) is 0.100. The summed E-state index contributed by atoms with van der Waals surface area (Å²) < 4.78 is 0. The lowest BCUT2D eigenvalue weighted by molar-refractivity contribution is 0.101. The number of benzene rings is 1. The largest absolute Gasteiger partial charge is 0.380 e. The smallest absolute Gasteiger partial charge is 0.274 e. The van der Waals surface area contributed by atoms with Gasteiger partial charge in [-0.15, -0.1) is 0 Å². The van der Waals surface area contributed by atoms with Gasteiger partial charge in [0.05, 0.1) is 11.9 Å². The van der Waals surface area contributed by atoms with Crippen LogP contribution in [0, 0.1) is 0 Å². The van der Waals surface area contributed by atoms with Gasteiger partial charge >= 0.3 is 0 Å². The molecule has 0 bridgehead atoms. The van der Waals surface area contributed by atoms with Gasteiger partial charge < -0.3 is 10.6 Å². The summed E-state index contributed by atoms with van der Waals surface area (Å²) >= 11 is 0. The Hall–Kier alpha value is -3.54. The lowest BCUT2D eigenvalue weighted by atomic mass is 10.1. The first kappa shape index (κ1) is 17.3. The zero-order valence-corrected chi connectivity index (χ0v) is 14.3. The van der Waals surface area contributed by atoms with E-state index in [1.807, 2.05) is 18.2 Å². The molecule has 0 aliphatic rings. The number of pyridine rings is 2. The Morgan fingerprint density at radius 2 is 1.62 bits per heavy atom. The first-order valence-electron chi connectivity index (χ1n) is 8.13. The van der Waals surface area contributed by atoms with Crippen LogP contribution in [-0.2, 0) is 6.54 Å².